The largest absolute Gasteiger partial charge is 0.493 e. The van der Waals surface area contributed by atoms with Crippen molar-refractivity contribution in [3.63, 3.8) is 0 Å². The van der Waals surface area contributed by atoms with Gasteiger partial charge in [-0.15, -0.1) is 0 Å². The fourth-order valence-electron chi connectivity index (χ4n) is 5.61. The van der Waals surface area contributed by atoms with Crippen LogP contribution in [0.3, 0.4) is 0 Å². The lowest BCUT2D eigenvalue weighted by molar-refractivity contribution is -0.0498. The van der Waals surface area contributed by atoms with E-state index in [9.17, 15) is 13.6 Å². The fraction of sp³-hybridized carbons (Fsp3) is 0.310. The van der Waals surface area contributed by atoms with E-state index in [1.54, 1.807) is 28.6 Å². The molecule has 0 spiro atoms. The highest BCUT2D eigenvalue weighted by molar-refractivity contribution is 6.01. The molecular weight excluding hydrogens is 490 g/mol. The smallest absolute Gasteiger partial charge is 0.387 e. The average molecular weight is 519 g/mol. The molecule has 38 heavy (non-hydrogen) atoms. The predicted molar refractivity (Wildman–Crippen MR) is 140 cm³/mol. The molecule has 0 bridgehead atoms. The molecule has 0 saturated carbocycles. The maximum atomic E-state index is 13.4. The van der Waals surface area contributed by atoms with Crippen LogP contribution in [0.2, 0.25) is 0 Å². The van der Waals surface area contributed by atoms with Gasteiger partial charge in [-0.2, -0.15) is 8.78 Å². The minimum Gasteiger partial charge on any atom is -0.493 e. The first-order valence-electron chi connectivity index (χ1n) is 12.6. The number of imidazole rings is 1. The van der Waals surface area contributed by atoms with E-state index in [0.29, 0.717) is 29.9 Å². The van der Waals surface area contributed by atoms with Gasteiger partial charge in [-0.1, -0.05) is 31.2 Å². The van der Waals surface area contributed by atoms with Crippen LogP contribution in [-0.2, 0) is 5.54 Å². The second kappa shape index (κ2) is 8.80. The van der Waals surface area contributed by atoms with E-state index in [4.69, 9.17) is 20.2 Å². The number of nitrogens with zero attached hydrogens (tertiary/aromatic N) is 3. The van der Waals surface area contributed by atoms with Gasteiger partial charge >= 0.3 is 6.61 Å². The Balaban J connectivity index is 1.60. The number of carbonyl (C=O) groups excluding carboxylic acids is 1. The highest BCUT2D eigenvalue weighted by Gasteiger charge is 2.35. The number of alkyl halides is 2. The van der Waals surface area contributed by atoms with E-state index in [2.05, 4.69) is 0 Å². The lowest BCUT2D eigenvalue weighted by Gasteiger charge is -2.32. The van der Waals surface area contributed by atoms with Gasteiger partial charge in [-0.05, 0) is 54.8 Å². The molecule has 0 saturated heterocycles. The van der Waals surface area contributed by atoms with Crippen molar-refractivity contribution < 1.29 is 23.0 Å². The van der Waals surface area contributed by atoms with Crippen LogP contribution in [0.15, 0.2) is 54.6 Å². The van der Waals surface area contributed by atoms with E-state index in [1.165, 1.54) is 6.07 Å². The van der Waals surface area contributed by atoms with Crippen molar-refractivity contribution in [1.29, 1.82) is 0 Å². The molecule has 0 fully saturated rings. The average Bonchev–Trinajstić information content (AvgIpc) is 3.21. The van der Waals surface area contributed by atoms with Crippen LogP contribution in [0.1, 0.15) is 54.5 Å². The number of aromatic nitrogens is 2. The zero-order valence-electron chi connectivity index (χ0n) is 21.4. The molecule has 4 aromatic rings. The zero-order chi connectivity index (χ0) is 26.8. The number of ether oxygens (including phenoxy) is 2. The molecule has 1 amide bonds. The number of carbonyl (C=O) groups is 1. The Morgan fingerprint density at radius 3 is 2.71 bits per heavy atom. The van der Waals surface area contributed by atoms with Crippen molar-refractivity contribution in [2.45, 2.75) is 44.9 Å². The summed E-state index contributed by atoms with van der Waals surface area (Å²) >= 11 is 0. The second-order valence-corrected chi connectivity index (χ2v) is 10.1. The molecule has 1 aromatic heterocycles. The Morgan fingerprint density at radius 2 is 1.95 bits per heavy atom. The molecule has 9 heteroatoms. The normalized spacial score (nSPS) is 20.6. The number of hydrogen-bond acceptors (Lipinski definition) is 5. The summed E-state index contributed by atoms with van der Waals surface area (Å²) in [6.07, 6.45) is 1.33. The Labute approximate surface area is 218 Å². The maximum Gasteiger partial charge on any atom is 0.387 e. The van der Waals surface area contributed by atoms with E-state index in [-0.39, 0.29) is 28.9 Å². The number of hydrogen-bond donors (Lipinski definition) is 1. The molecule has 2 aliphatic heterocycles. The van der Waals surface area contributed by atoms with Crippen LogP contribution in [0, 0.1) is 0 Å². The van der Waals surface area contributed by atoms with Crippen LogP contribution in [0.5, 0.6) is 11.5 Å². The highest BCUT2D eigenvalue weighted by atomic mass is 19.3. The van der Waals surface area contributed by atoms with Crippen LogP contribution in [0.4, 0.5) is 8.78 Å². The Hall–Kier alpha value is -3.98. The molecular formula is C29H28F2N4O3. The van der Waals surface area contributed by atoms with Gasteiger partial charge in [0.2, 0.25) is 0 Å². The summed E-state index contributed by atoms with van der Waals surface area (Å²) in [5.41, 5.74) is 10.7. The van der Waals surface area contributed by atoms with E-state index < -0.39 is 12.2 Å². The van der Waals surface area contributed by atoms with Gasteiger partial charge in [0.1, 0.15) is 17.3 Å². The maximum absolute atomic E-state index is 13.4. The molecule has 0 aliphatic carbocycles. The van der Waals surface area contributed by atoms with Crippen molar-refractivity contribution in [2.24, 2.45) is 5.73 Å². The first-order valence-corrected chi connectivity index (χ1v) is 12.6. The third kappa shape index (κ3) is 3.72. The molecule has 3 heterocycles. The Bertz CT molecular complexity index is 1580. The zero-order valence-corrected chi connectivity index (χ0v) is 21.4. The second-order valence-electron chi connectivity index (χ2n) is 10.1. The molecule has 2 atom stereocenters. The van der Waals surface area contributed by atoms with Gasteiger partial charge in [0.25, 0.3) is 5.91 Å². The first-order chi connectivity index (χ1) is 18.2. The number of amides is 1. The van der Waals surface area contributed by atoms with Crippen LogP contribution < -0.4 is 15.2 Å². The van der Waals surface area contributed by atoms with Crippen molar-refractivity contribution in [3.8, 4) is 28.3 Å². The molecule has 2 N–H and O–H groups in total. The van der Waals surface area contributed by atoms with E-state index in [0.717, 1.165) is 28.9 Å². The molecule has 6 rings (SSSR count). The summed E-state index contributed by atoms with van der Waals surface area (Å²) in [5, 5.41) is 0. The SMILES string of the molecule is CC[C@@H]1c2nc3ccc(-c4ccc5c(c4)OCCC5(C)N)cc3n2-c2c(OC(F)F)cccc2C(=O)N1C. The van der Waals surface area contributed by atoms with Gasteiger partial charge in [0.15, 0.2) is 5.75 Å². The number of nitrogens with two attached hydrogens (primary N) is 1. The van der Waals surface area contributed by atoms with Gasteiger partial charge in [0.05, 0.1) is 29.2 Å². The van der Waals surface area contributed by atoms with Crippen molar-refractivity contribution >= 4 is 16.9 Å². The van der Waals surface area contributed by atoms with Crippen LogP contribution in [-0.4, -0.2) is 40.6 Å². The van der Waals surface area contributed by atoms with E-state index in [1.807, 2.05) is 50.2 Å². The topological polar surface area (TPSA) is 82.6 Å². The standard InChI is InChI=1S/C29H28F2N4O3/c1-4-21-26-33-20-11-9-16(17-8-10-19-24(15-17)37-13-12-29(19,2)32)14-22(20)35(26)25-18(27(36)34(21)3)6-5-7-23(25)38-28(30)31/h5-11,14-15,21,28H,4,12-13,32H2,1-3H3/t21-,29?/m1/s1. The van der Waals surface area contributed by atoms with Gasteiger partial charge in [-0.25, -0.2) is 4.98 Å². The third-order valence-corrected chi connectivity index (χ3v) is 7.63. The highest BCUT2D eigenvalue weighted by Crippen LogP contribution is 2.42. The lowest BCUT2D eigenvalue weighted by Crippen LogP contribution is -2.38. The van der Waals surface area contributed by atoms with Gasteiger partial charge in [-0.3, -0.25) is 9.36 Å². The van der Waals surface area contributed by atoms with Gasteiger partial charge < -0.3 is 20.1 Å². The first kappa shape index (κ1) is 24.4. The molecule has 0 radical (unpaired) electrons. The Kier molecular flexibility index (Phi) is 5.64. The number of fused-ring (bicyclic) bond motifs is 6. The van der Waals surface area contributed by atoms with Gasteiger partial charge in [0, 0.05) is 24.6 Å². The van der Waals surface area contributed by atoms with Crippen molar-refractivity contribution in [1.82, 2.24) is 14.5 Å². The minimum atomic E-state index is -3.04. The summed E-state index contributed by atoms with van der Waals surface area (Å²) in [7, 11) is 1.71. The molecule has 2 aliphatic rings. The van der Waals surface area contributed by atoms with Crippen molar-refractivity contribution in [3.05, 3.63) is 71.5 Å². The van der Waals surface area contributed by atoms with Crippen LogP contribution >= 0.6 is 0 Å². The number of rotatable bonds is 4. The molecule has 1 unspecified atom stereocenters. The fourth-order valence-corrected chi connectivity index (χ4v) is 5.61. The Morgan fingerprint density at radius 1 is 1.18 bits per heavy atom. The number of para-hydroxylation sites is 1. The number of benzene rings is 3. The molecule has 3 aromatic carbocycles. The van der Waals surface area contributed by atoms with Crippen LogP contribution in [0.25, 0.3) is 27.8 Å². The minimum absolute atomic E-state index is 0.0774. The summed E-state index contributed by atoms with van der Waals surface area (Å²) in [5.74, 6) is 0.985. The number of halogens is 2. The summed E-state index contributed by atoms with van der Waals surface area (Å²) in [6, 6.07) is 16.1. The summed E-state index contributed by atoms with van der Waals surface area (Å²) in [6.45, 7) is 1.47. The monoisotopic (exact) mass is 518 g/mol. The van der Waals surface area contributed by atoms with E-state index >= 15 is 0 Å². The summed E-state index contributed by atoms with van der Waals surface area (Å²) in [4.78, 5) is 19.9. The predicted octanol–water partition coefficient (Wildman–Crippen LogP) is 5.79. The quantitative estimate of drug-likeness (QED) is 0.370. The lowest BCUT2D eigenvalue weighted by atomic mass is 9.86. The molecule has 7 nitrogen and oxygen atoms in total. The van der Waals surface area contributed by atoms with Crippen molar-refractivity contribution in [2.75, 3.05) is 13.7 Å². The third-order valence-electron chi connectivity index (χ3n) is 7.63. The molecule has 196 valence electrons. The summed E-state index contributed by atoms with van der Waals surface area (Å²) < 4.78 is 39.5.